The van der Waals surface area contributed by atoms with Crippen LogP contribution in [0.2, 0.25) is 0 Å². The fourth-order valence-corrected chi connectivity index (χ4v) is 3.25. The van der Waals surface area contributed by atoms with E-state index in [4.69, 9.17) is 0 Å². The third-order valence-electron chi connectivity index (χ3n) is 2.73. The van der Waals surface area contributed by atoms with Gasteiger partial charge in [0.2, 0.25) is 0 Å². The Morgan fingerprint density at radius 3 is 2.44 bits per heavy atom. The van der Waals surface area contributed by atoms with Crippen LogP contribution in [0, 0.1) is 3.57 Å². The van der Waals surface area contributed by atoms with Crippen molar-refractivity contribution in [2.45, 2.75) is 32.7 Å². The first-order valence-electron chi connectivity index (χ1n) is 6.04. The Bertz CT molecular complexity index is 525. The fraction of sp³-hybridized carbons (Fsp3) is 0.333. The van der Waals surface area contributed by atoms with Crippen LogP contribution in [0.1, 0.15) is 30.5 Å². The number of thiophene rings is 1. The Morgan fingerprint density at radius 2 is 1.83 bits per heavy atom. The average Bonchev–Trinajstić information content (AvgIpc) is 2.76. The van der Waals surface area contributed by atoms with Crippen LogP contribution in [0.3, 0.4) is 0 Å². The molecule has 1 nitrogen and oxygen atoms in total. The molecule has 0 saturated heterocycles. The number of nitrogens with one attached hydrogen (secondary N) is 1. The van der Waals surface area contributed by atoms with Gasteiger partial charge >= 0.3 is 0 Å². The smallest absolute Gasteiger partial charge is 0.0494 e. The second-order valence-electron chi connectivity index (χ2n) is 5.35. The normalized spacial score (nSPS) is 11.6. The van der Waals surface area contributed by atoms with Crippen LogP contribution in [0.25, 0.3) is 0 Å². The molecule has 0 saturated carbocycles. The van der Waals surface area contributed by atoms with Gasteiger partial charge in [0, 0.05) is 25.6 Å². The number of benzene rings is 1. The van der Waals surface area contributed by atoms with Crippen LogP contribution in [0.4, 0.5) is 5.69 Å². The van der Waals surface area contributed by atoms with Gasteiger partial charge in [-0.15, -0.1) is 11.3 Å². The molecule has 1 aromatic carbocycles. The molecule has 0 atom stereocenters. The van der Waals surface area contributed by atoms with E-state index in [-0.39, 0.29) is 5.41 Å². The highest BCUT2D eigenvalue weighted by atomic mass is 127. The molecule has 0 aliphatic rings. The summed E-state index contributed by atoms with van der Waals surface area (Å²) in [5.41, 5.74) is 1.47. The Morgan fingerprint density at radius 1 is 1.11 bits per heavy atom. The summed E-state index contributed by atoms with van der Waals surface area (Å²) in [6.45, 7) is 7.68. The maximum Gasteiger partial charge on any atom is 0.0494 e. The highest BCUT2D eigenvalue weighted by molar-refractivity contribution is 14.1. The Labute approximate surface area is 127 Å². The molecule has 3 heteroatoms. The first kappa shape index (κ1) is 13.9. The summed E-state index contributed by atoms with van der Waals surface area (Å²) >= 11 is 4.26. The van der Waals surface area contributed by atoms with Gasteiger partial charge in [-0.3, -0.25) is 0 Å². The van der Waals surface area contributed by atoms with Crippen molar-refractivity contribution in [2.75, 3.05) is 5.32 Å². The lowest BCUT2D eigenvalue weighted by molar-refractivity contribution is 0.604. The van der Waals surface area contributed by atoms with E-state index in [1.54, 1.807) is 0 Å². The second kappa shape index (κ2) is 5.61. The van der Waals surface area contributed by atoms with Crippen molar-refractivity contribution in [3.05, 3.63) is 49.7 Å². The molecule has 0 aliphatic heterocycles. The Balaban J connectivity index is 2.03. The maximum atomic E-state index is 3.50. The van der Waals surface area contributed by atoms with Gasteiger partial charge in [0.25, 0.3) is 0 Å². The third kappa shape index (κ3) is 3.48. The topological polar surface area (TPSA) is 12.0 Å². The van der Waals surface area contributed by atoms with Gasteiger partial charge in [0.1, 0.15) is 0 Å². The summed E-state index contributed by atoms with van der Waals surface area (Å²) in [4.78, 5) is 2.83. The van der Waals surface area contributed by atoms with E-state index in [1.807, 2.05) is 11.3 Å². The van der Waals surface area contributed by atoms with E-state index < -0.39 is 0 Å². The quantitative estimate of drug-likeness (QED) is 0.726. The number of anilines is 1. The van der Waals surface area contributed by atoms with Crippen LogP contribution in [-0.4, -0.2) is 0 Å². The summed E-state index contributed by atoms with van der Waals surface area (Å²) in [6.07, 6.45) is 0. The standard InChI is InChI=1S/C15H18INS/c1-15(2,3)14-9-8-11(18-14)10-17-13-7-5-4-6-12(13)16/h4-9,17H,10H2,1-3H3. The molecular formula is C15H18INS. The molecule has 0 amide bonds. The highest BCUT2D eigenvalue weighted by Crippen LogP contribution is 2.30. The number of para-hydroxylation sites is 1. The molecule has 0 spiro atoms. The van der Waals surface area contributed by atoms with Crippen LogP contribution >= 0.6 is 33.9 Å². The van der Waals surface area contributed by atoms with E-state index in [1.165, 1.54) is 19.0 Å². The number of hydrogen-bond acceptors (Lipinski definition) is 2. The summed E-state index contributed by atoms with van der Waals surface area (Å²) in [7, 11) is 0. The lowest BCUT2D eigenvalue weighted by Gasteiger charge is -2.15. The average molecular weight is 371 g/mol. The van der Waals surface area contributed by atoms with Crippen LogP contribution in [-0.2, 0) is 12.0 Å². The van der Waals surface area contributed by atoms with E-state index in [9.17, 15) is 0 Å². The van der Waals surface area contributed by atoms with Gasteiger partial charge < -0.3 is 5.32 Å². The third-order valence-corrected chi connectivity index (χ3v) is 5.18. The maximum absolute atomic E-state index is 3.50. The molecule has 0 unspecified atom stereocenters. The molecule has 0 radical (unpaired) electrons. The second-order valence-corrected chi connectivity index (χ2v) is 7.68. The molecule has 0 bridgehead atoms. The molecule has 1 N–H and O–H groups in total. The van der Waals surface area contributed by atoms with Gasteiger partial charge in [-0.1, -0.05) is 32.9 Å². The molecule has 2 rings (SSSR count). The molecule has 2 aromatic rings. The minimum absolute atomic E-state index is 0.254. The van der Waals surface area contributed by atoms with Crippen LogP contribution in [0.5, 0.6) is 0 Å². The molecule has 0 aliphatic carbocycles. The number of hydrogen-bond donors (Lipinski definition) is 1. The molecule has 18 heavy (non-hydrogen) atoms. The van der Waals surface area contributed by atoms with Crippen molar-refractivity contribution >= 4 is 39.6 Å². The first-order chi connectivity index (χ1) is 8.47. The molecular weight excluding hydrogens is 353 g/mol. The zero-order valence-electron chi connectivity index (χ0n) is 11.0. The summed E-state index contributed by atoms with van der Waals surface area (Å²) in [5.74, 6) is 0. The van der Waals surface area contributed by atoms with E-state index in [2.05, 4.69) is 85.1 Å². The Kier molecular flexibility index (Phi) is 4.33. The molecule has 1 heterocycles. The van der Waals surface area contributed by atoms with Crippen molar-refractivity contribution in [2.24, 2.45) is 0 Å². The van der Waals surface area contributed by atoms with E-state index in [0.717, 1.165) is 6.54 Å². The minimum atomic E-state index is 0.254. The van der Waals surface area contributed by atoms with Crippen molar-refractivity contribution in [3.63, 3.8) is 0 Å². The van der Waals surface area contributed by atoms with Gasteiger partial charge in [-0.2, -0.15) is 0 Å². The zero-order chi connectivity index (χ0) is 13.2. The van der Waals surface area contributed by atoms with Crippen molar-refractivity contribution in [1.82, 2.24) is 0 Å². The largest absolute Gasteiger partial charge is 0.379 e. The lowest BCUT2D eigenvalue weighted by Crippen LogP contribution is -2.07. The first-order valence-corrected chi connectivity index (χ1v) is 7.94. The van der Waals surface area contributed by atoms with Gasteiger partial charge in [0.05, 0.1) is 0 Å². The summed E-state index contributed by atoms with van der Waals surface area (Å²) in [6, 6.07) is 12.9. The van der Waals surface area contributed by atoms with Gasteiger partial charge in [0.15, 0.2) is 0 Å². The van der Waals surface area contributed by atoms with Crippen molar-refractivity contribution < 1.29 is 0 Å². The lowest BCUT2D eigenvalue weighted by atomic mass is 9.95. The fourth-order valence-electron chi connectivity index (χ4n) is 1.66. The monoisotopic (exact) mass is 371 g/mol. The van der Waals surface area contributed by atoms with Crippen LogP contribution in [0.15, 0.2) is 36.4 Å². The van der Waals surface area contributed by atoms with Gasteiger partial charge in [-0.25, -0.2) is 0 Å². The highest BCUT2D eigenvalue weighted by Gasteiger charge is 2.15. The summed E-state index contributed by atoms with van der Waals surface area (Å²) in [5, 5.41) is 3.50. The Hall–Kier alpha value is -0.550. The van der Waals surface area contributed by atoms with Crippen molar-refractivity contribution in [3.8, 4) is 0 Å². The molecule has 0 fully saturated rings. The molecule has 96 valence electrons. The van der Waals surface area contributed by atoms with Crippen molar-refractivity contribution in [1.29, 1.82) is 0 Å². The SMILES string of the molecule is CC(C)(C)c1ccc(CNc2ccccc2I)s1. The van der Waals surface area contributed by atoms with Gasteiger partial charge in [-0.05, 0) is 52.3 Å². The molecule has 1 aromatic heterocycles. The van der Waals surface area contributed by atoms with E-state index >= 15 is 0 Å². The number of rotatable bonds is 3. The van der Waals surface area contributed by atoms with Crippen LogP contribution < -0.4 is 5.32 Å². The zero-order valence-corrected chi connectivity index (χ0v) is 13.9. The predicted octanol–water partition coefficient (Wildman–Crippen LogP) is 5.26. The van der Waals surface area contributed by atoms with E-state index in [0.29, 0.717) is 0 Å². The predicted molar refractivity (Wildman–Crippen MR) is 89.5 cm³/mol. The number of halogens is 1. The summed E-state index contributed by atoms with van der Waals surface area (Å²) < 4.78 is 1.27. The minimum Gasteiger partial charge on any atom is -0.379 e.